The standard InChI is InChI=1S/C38H42N6O5/c1-6-8-17-32-33(34(37(47)48-7-2)42-44(32)27-14-10-9-11-15-27)28-19-18-24(36(46)49-38(3,4)5)20-31(28)35(45)29-16-12-13-25-22-40-26(21-30(25)29)23-41-43-39/h9-16,18-20,26,40H,6-8,17,21-23H2,1-5H3. The van der Waals surface area contributed by atoms with E-state index in [4.69, 9.17) is 20.1 Å². The molecule has 0 aliphatic carbocycles. The lowest BCUT2D eigenvalue weighted by Crippen LogP contribution is -2.38. The number of esters is 2. The number of ether oxygens (including phenoxy) is 2. The van der Waals surface area contributed by atoms with E-state index in [9.17, 15) is 14.4 Å². The molecule has 11 nitrogen and oxygen atoms in total. The molecule has 1 aliphatic heterocycles. The van der Waals surface area contributed by atoms with E-state index >= 15 is 0 Å². The molecule has 254 valence electrons. The molecule has 1 unspecified atom stereocenters. The third-order valence-electron chi connectivity index (χ3n) is 8.30. The summed E-state index contributed by atoms with van der Waals surface area (Å²) < 4.78 is 13.0. The number of aromatic nitrogens is 2. The highest BCUT2D eigenvalue weighted by atomic mass is 16.6. The van der Waals surface area contributed by atoms with Crippen LogP contribution in [-0.2, 0) is 28.9 Å². The molecule has 11 heteroatoms. The summed E-state index contributed by atoms with van der Waals surface area (Å²) in [7, 11) is 0. The van der Waals surface area contributed by atoms with Crippen molar-refractivity contribution < 1.29 is 23.9 Å². The minimum absolute atomic E-state index is 0.0876. The minimum atomic E-state index is -0.756. The molecule has 1 atom stereocenters. The van der Waals surface area contributed by atoms with Crippen molar-refractivity contribution in [1.82, 2.24) is 15.1 Å². The molecule has 3 aromatic carbocycles. The van der Waals surface area contributed by atoms with Crippen molar-refractivity contribution in [2.75, 3.05) is 13.2 Å². The Labute approximate surface area is 286 Å². The number of hydrogen-bond donors (Lipinski definition) is 1. The van der Waals surface area contributed by atoms with Crippen molar-refractivity contribution in [3.8, 4) is 16.8 Å². The van der Waals surface area contributed by atoms with Crippen LogP contribution in [0.15, 0.2) is 71.8 Å². The summed E-state index contributed by atoms with van der Waals surface area (Å²) in [6.45, 7) is 10.1. The number of nitrogens with zero attached hydrogens (tertiary/aromatic N) is 5. The van der Waals surface area contributed by atoms with Crippen LogP contribution in [0, 0.1) is 0 Å². The van der Waals surface area contributed by atoms with Gasteiger partial charge in [-0.15, -0.1) is 0 Å². The van der Waals surface area contributed by atoms with Crippen LogP contribution in [-0.4, -0.2) is 52.3 Å². The minimum Gasteiger partial charge on any atom is -0.461 e. The van der Waals surface area contributed by atoms with Crippen LogP contribution in [0.2, 0.25) is 0 Å². The Balaban J connectivity index is 1.77. The van der Waals surface area contributed by atoms with E-state index < -0.39 is 17.5 Å². The van der Waals surface area contributed by atoms with Crippen LogP contribution in [0.4, 0.5) is 0 Å². The number of nitrogens with one attached hydrogen (secondary N) is 1. The highest BCUT2D eigenvalue weighted by Crippen LogP contribution is 2.37. The van der Waals surface area contributed by atoms with E-state index in [0.29, 0.717) is 36.1 Å². The molecule has 0 fully saturated rings. The topological polar surface area (TPSA) is 148 Å². The highest BCUT2D eigenvalue weighted by Gasteiger charge is 2.31. The summed E-state index contributed by atoms with van der Waals surface area (Å²) in [5, 5.41) is 11.9. The zero-order valence-electron chi connectivity index (χ0n) is 28.7. The summed E-state index contributed by atoms with van der Waals surface area (Å²) in [5.74, 6) is -1.49. The van der Waals surface area contributed by atoms with Crippen LogP contribution in [0.25, 0.3) is 27.3 Å². The van der Waals surface area contributed by atoms with E-state index in [1.807, 2.05) is 42.5 Å². The smallest absolute Gasteiger partial charge is 0.359 e. The molecule has 0 spiro atoms. The molecule has 0 amide bonds. The average Bonchev–Trinajstić information content (AvgIpc) is 3.48. The predicted molar refractivity (Wildman–Crippen MR) is 187 cm³/mol. The van der Waals surface area contributed by atoms with E-state index in [1.54, 1.807) is 56.6 Å². The van der Waals surface area contributed by atoms with E-state index in [1.165, 1.54) is 0 Å². The zero-order chi connectivity index (χ0) is 35.1. The number of fused-ring (bicyclic) bond motifs is 1. The van der Waals surface area contributed by atoms with Gasteiger partial charge in [0.25, 0.3) is 0 Å². The lowest BCUT2D eigenvalue weighted by atomic mass is 9.85. The predicted octanol–water partition coefficient (Wildman–Crippen LogP) is 7.57. The second-order valence-electron chi connectivity index (χ2n) is 13.0. The lowest BCUT2D eigenvalue weighted by Gasteiger charge is -2.27. The molecule has 0 saturated carbocycles. The first-order valence-corrected chi connectivity index (χ1v) is 16.7. The van der Waals surface area contributed by atoms with Gasteiger partial charge in [0.2, 0.25) is 0 Å². The van der Waals surface area contributed by atoms with Crippen LogP contribution >= 0.6 is 0 Å². The first-order chi connectivity index (χ1) is 23.6. The molecular weight excluding hydrogens is 620 g/mol. The maximum absolute atomic E-state index is 14.9. The SMILES string of the molecule is CCCCc1c(-c2ccc(C(=O)OC(C)(C)C)cc2C(=O)c2cccc3c2CC(CN=[N+]=[N-])NC3)c(C(=O)OCC)nn1-c1ccccc1. The van der Waals surface area contributed by atoms with Gasteiger partial charge in [0.05, 0.1) is 23.6 Å². The van der Waals surface area contributed by atoms with Gasteiger partial charge in [-0.25, -0.2) is 14.3 Å². The Morgan fingerprint density at radius 1 is 1.02 bits per heavy atom. The number of para-hydroxylation sites is 1. The van der Waals surface area contributed by atoms with Gasteiger partial charge in [-0.3, -0.25) is 4.79 Å². The quantitative estimate of drug-likeness (QED) is 0.0541. The second kappa shape index (κ2) is 15.3. The molecule has 49 heavy (non-hydrogen) atoms. The first kappa shape index (κ1) is 35.1. The van der Waals surface area contributed by atoms with Crippen LogP contribution in [0.5, 0.6) is 0 Å². The van der Waals surface area contributed by atoms with Crippen molar-refractivity contribution in [3.63, 3.8) is 0 Å². The number of hydrogen-bond acceptors (Lipinski definition) is 8. The molecule has 1 aliphatic rings. The average molecular weight is 663 g/mol. The van der Waals surface area contributed by atoms with E-state index in [0.717, 1.165) is 35.3 Å². The van der Waals surface area contributed by atoms with Gasteiger partial charge in [-0.05, 0) is 93.4 Å². The van der Waals surface area contributed by atoms with Crippen LogP contribution in [0.3, 0.4) is 0 Å². The Kier molecular flexibility index (Phi) is 11.0. The van der Waals surface area contributed by atoms with Gasteiger partial charge in [0, 0.05) is 40.7 Å². The number of unbranched alkanes of at least 4 members (excludes halogenated alkanes) is 1. The molecule has 1 aromatic heterocycles. The van der Waals surface area contributed by atoms with Crippen LogP contribution < -0.4 is 5.32 Å². The number of ketones is 1. The molecule has 0 saturated heterocycles. The van der Waals surface area contributed by atoms with Gasteiger partial charge in [0.1, 0.15) is 5.60 Å². The second-order valence-corrected chi connectivity index (χ2v) is 13.0. The van der Waals surface area contributed by atoms with Crippen molar-refractivity contribution in [1.29, 1.82) is 0 Å². The fourth-order valence-electron chi connectivity index (χ4n) is 6.09. The molecule has 1 N–H and O–H groups in total. The fraction of sp³-hybridized carbons (Fsp3) is 0.368. The number of carbonyl (C=O) groups is 3. The van der Waals surface area contributed by atoms with E-state index in [-0.39, 0.29) is 41.8 Å². The third-order valence-corrected chi connectivity index (χ3v) is 8.30. The van der Waals surface area contributed by atoms with Gasteiger partial charge < -0.3 is 14.8 Å². The maximum atomic E-state index is 14.9. The molecule has 0 bridgehead atoms. The number of carbonyl (C=O) groups excluding carboxylic acids is 3. The van der Waals surface area contributed by atoms with Crippen molar-refractivity contribution in [2.24, 2.45) is 5.11 Å². The van der Waals surface area contributed by atoms with Gasteiger partial charge in [-0.2, -0.15) is 5.10 Å². The van der Waals surface area contributed by atoms with Crippen LogP contribution in [0.1, 0.15) is 101 Å². The molecule has 0 radical (unpaired) electrons. The van der Waals surface area contributed by atoms with Crippen molar-refractivity contribution in [3.05, 3.63) is 116 Å². The lowest BCUT2D eigenvalue weighted by molar-refractivity contribution is 0.00692. The monoisotopic (exact) mass is 662 g/mol. The Morgan fingerprint density at radius 3 is 2.49 bits per heavy atom. The zero-order valence-corrected chi connectivity index (χ0v) is 28.7. The Hall–Kier alpha value is -5.25. The molecule has 4 aromatic rings. The molecule has 2 heterocycles. The molecule has 5 rings (SSSR count). The fourth-order valence-corrected chi connectivity index (χ4v) is 6.09. The third kappa shape index (κ3) is 7.91. The largest absolute Gasteiger partial charge is 0.461 e. The first-order valence-electron chi connectivity index (χ1n) is 16.7. The summed E-state index contributed by atoms with van der Waals surface area (Å²) >= 11 is 0. The highest BCUT2D eigenvalue weighted by molar-refractivity contribution is 6.16. The summed E-state index contributed by atoms with van der Waals surface area (Å²) in [5.41, 5.74) is 13.4. The Morgan fingerprint density at radius 2 is 1.80 bits per heavy atom. The summed E-state index contributed by atoms with van der Waals surface area (Å²) in [6.07, 6.45) is 2.73. The molecular formula is C38H42N6O5. The Bertz CT molecular complexity index is 1900. The van der Waals surface area contributed by atoms with Crippen molar-refractivity contribution in [2.45, 2.75) is 78.5 Å². The number of azide groups is 1. The number of rotatable bonds is 12. The van der Waals surface area contributed by atoms with E-state index in [2.05, 4.69) is 22.3 Å². The summed E-state index contributed by atoms with van der Waals surface area (Å²) in [6, 6.07) is 19.9. The normalized spacial score (nSPS) is 14.0. The summed E-state index contributed by atoms with van der Waals surface area (Å²) in [4.78, 5) is 44.8. The maximum Gasteiger partial charge on any atom is 0.359 e. The number of benzene rings is 3. The van der Waals surface area contributed by atoms with Gasteiger partial charge >= 0.3 is 11.9 Å². The van der Waals surface area contributed by atoms with Gasteiger partial charge in [-0.1, -0.05) is 60.9 Å². The van der Waals surface area contributed by atoms with Crippen molar-refractivity contribution >= 4 is 17.7 Å². The van der Waals surface area contributed by atoms with Gasteiger partial charge in [0.15, 0.2) is 11.5 Å².